The Morgan fingerprint density at radius 2 is 2.14 bits per heavy atom. The Morgan fingerprint density at radius 1 is 1.33 bits per heavy atom. The molecule has 0 saturated heterocycles. The van der Waals surface area contributed by atoms with E-state index < -0.39 is 0 Å². The summed E-state index contributed by atoms with van der Waals surface area (Å²) in [7, 11) is 0. The number of fused-ring (bicyclic) bond motifs is 1. The number of thioether (sulfide) groups is 1. The molecule has 0 aromatic heterocycles. The van der Waals surface area contributed by atoms with Gasteiger partial charge in [-0.1, -0.05) is 29.8 Å². The van der Waals surface area contributed by atoms with Crippen molar-refractivity contribution >= 4 is 23.4 Å². The fraction of sp³-hybridized carbons (Fsp3) is 0.294. The molecule has 110 valence electrons. The summed E-state index contributed by atoms with van der Waals surface area (Å²) in [5, 5.41) is 1.15. The Labute approximate surface area is 134 Å². The molecule has 1 heterocycles. The predicted molar refractivity (Wildman–Crippen MR) is 89.3 cm³/mol. The van der Waals surface area contributed by atoms with Crippen LogP contribution in [0.5, 0.6) is 5.75 Å². The molecular formula is C17H18ClNOS. The van der Waals surface area contributed by atoms with Crippen LogP contribution in [0.1, 0.15) is 24.1 Å². The highest BCUT2D eigenvalue weighted by Gasteiger charge is 2.22. The number of nitrogens with two attached hydrogens (primary N) is 1. The van der Waals surface area contributed by atoms with Crippen LogP contribution in [0.4, 0.5) is 0 Å². The molecule has 1 aliphatic rings. The average molecular weight is 320 g/mol. The van der Waals surface area contributed by atoms with Gasteiger partial charge in [-0.2, -0.15) is 0 Å². The van der Waals surface area contributed by atoms with Crippen molar-refractivity contribution in [1.29, 1.82) is 0 Å². The quantitative estimate of drug-likeness (QED) is 0.904. The lowest BCUT2D eigenvalue weighted by molar-refractivity contribution is 0.313. The van der Waals surface area contributed by atoms with E-state index in [9.17, 15) is 0 Å². The second-order valence-electron chi connectivity index (χ2n) is 5.33. The monoisotopic (exact) mass is 319 g/mol. The fourth-order valence-electron chi connectivity index (χ4n) is 2.54. The lowest BCUT2D eigenvalue weighted by Gasteiger charge is -2.16. The van der Waals surface area contributed by atoms with Gasteiger partial charge in [0.2, 0.25) is 0 Å². The van der Waals surface area contributed by atoms with Crippen molar-refractivity contribution in [3.8, 4) is 5.75 Å². The van der Waals surface area contributed by atoms with Crippen molar-refractivity contribution in [1.82, 2.24) is 0 Å². The molecule has 0 spiro atoms. The zero-order valence-electron chi connectivity index (χ0n) is 11.9. The summed E-state index contributed by atoms with van der Waals surface area (Å²) in [4.78, 5) is 1.37. The molecule has 2 aromatic rings. The zero-order chi connectivity index (χ0) is 14.8. The van der Waals surface area contributed by atoms with E-state index >= 15 is 0 Å². The summed E-state index contributed by atoms with van der Waals surface area (Å²) in [5.41, 5.74) is 8.37. The van der Waals surface area contributed by atoms with Crippen LogP contribution in [0, 0.1) is 0 Å². The molecule has 4 heteroatoms. The molecule has 0 radical (unpaired) electrons. The van der Waals surface area contributed by atoms with Crippen molar-refractivity contribution in [3.05, 3.63) is 58.6 Å². The Morgan fingerprint density at radius 3 is 2.90 bits per heavy atom. The third-order valence-corrected chi connectivity index (χ3v) is 5.12. The maximum absolute atomic E-state index is 6.03. The summed E-state index contributed by atoms with van der Waals surface area (Å²) in [6.45, 7) is 2.62. The summed E-state index contributed by atoms with van der Waals surface area (Å²) in [6, 6.07) is 14.1. The predicted octanol–water partition coefficient (Wildman–Crippen LogP) is 4.46. The maximum Gasteiger partial charge on any atom is 0.124 e. The van der Waals surface area contributed by atoms with Gasteiger partial charge < -0.3 is 10.5 Å². The summed E-state index contributed by atoms with van der Waals surface area (Å²) >= 11 is 7.92. The first-order valence-electron chi connectivity index (χ1n) is 7.06. The summed E-state index contributed by atoms with van der Waals surface area (Å²) in [5.74, 6) is 0.839. The van der Waals surface area contributed by atoms with Crippen LogP contribution in [0.15, 0.2) is 47.4 Å². The normalized spacial score (nSPS) is 18.3. The second-order valence-corrected chi connectivity index (χ2v) is 7.11. The Kier molecular flexibility index (Phi) is 4.43. The van der Waals surface area contributed by atoms with Gasteiger partial charge in [0.25, 0.3) is 0 Å². The summed E-state index contributed by atoms with van der Waals surface area (Å²) in [6.07, 6.45) is 1.06. The number of hydrogen-bond donors (Lipinski definition) is 1. The molecule has 2 unspecified atom stereocenters. The molecule has 0 amide bonds. The second kappa shape index (κ2) is 6.30. The molecule has 0 bridgehead atoms. The summed E-state index contributed by atoms with van der Waals surface area (Å²) < 4.78 is 6.01. The zero-order valence-corrected chi connectivity index (χ0v) is 13.5. The minimum Gasteiger partial charge on any atom is -0.492 e. The average Bonchev–Trinajstić information content (AvgIpc) is 2.88. The third-order valence-electron chi connectivity index (χ3n) is 3.60. The Balaban J connectivity index is 1.67. The maximum atomic E-state index is 6.03. The van der Waals surface area contributed by atoms with E-state index in [2.05, 4.69) is 24.3 Å². The minimum absolute atomic E-state index is 0.0906. The smallest absolute Gasteiger partial charge is 0.124 e. The van der Waals surface area contributed by atoms with E-state index in [1.54, 1.807) is 0 Å². The lowest BCUT2D eigenvalue weighted by atomic mass is 10.1. The van der Waals surface area contributed by atoms with E-state index in [4.69, 9.17) is 22.1 Å². The number of rotatable bonds is 4. The van der Waals surface area contributed by atoms with Gasteiger partial charge in [0, 0.05) is 26.8 Å². The molecule has 21 heavy (non-hydrogen) atoms. The van der Waals surface area contributed by atoms with Gasteiger partial charge in [-0.25, -0.2) is 0 Å². The lowest BCUT2D eigenvalue weighted by Crippen LogP contribution is -2.15. The number of benzene rings is 2. The van der Waals surface area contributed by atoms with Gasteiger partial charge in [0.15, 0.2) is 0 Å². The van der Waals surface area contributed by atoms with E-state index in [1.807, 2.05) is 36.9 Å². The van der Waals surface area contributed by atoms with Crippen molar-refractivity contribution in [2.45, 2.75) is 29.5 Å². The van der Waals surface area contributed by atoms with E-state index in [1.165, 1.54) is 10.5 Å². The van der Waals surface area contributed by atoms with Crippen molar-refractivity contribution in [3.63, 3.8) is 0 Å². The molecule has 3 rings (SSSR count). The minimum atomic E-state index is -0.0906. The van der Waals surface area contributed by atoms with E-state index in [0.29, 0.717) is 16.9 Å². The molecule has 2 N–H and O–H groups in total. The van der Waals surface area contributed by atoms with Crippen LogP contribution < -0.4 is 10.5 Å². The molecule has 2 nitrogen and oxygen atoms in total. The van der Waals surface area contributed by atoms with Crippen LogP contribution in [0.3, 0.4) is 0 Å². The van der Waals surface area contributed by atoms with Gasteiger partial charge in [-0.15, -0.1) is 11.8 Å². The van der Waals surface area contributed by atoms with Crippen LogP contribution in [0.2, 0.25) is 5.02 Å². The van der Waals surface area contributed by atoms with Crippen LogP contribution in [0.25, 0.3) is 0 Å². The van der Waals surface area contributed by atoms with Crippen LogP contribution in [-0.4, -0.2) is 11.9 Å². The molecule has 0 aliphatic carbocycles. The largest absolute Gasteiger partial charge is 0.492 e. The first-order chi connectivity index (χ1) is 10.1. The first-order valence-corrected chi connectivity index (χ1v) is 8.31. The first kappa shape index (κ1) is 14.8. The molecule has 0 fully saturated rings. The van der Waals surface area contributed by atoms with Crippen molar-refractivity contribution < 1.29 is 4.74 Å². The van der Waals surface area contributed by atoms with Gasteiger partial charge in [-0.3, -0.25) is 0 Å². The van der Waals surface area contributed by atoms with Crippen LogP contribution >= 0.6 is 23.4 Å². The number of hydrogen-bond acceptors (Lipinski definition) is 3. The standard InChI is InChI=1S/C17H18ClNOS/c1-11(19)15-9-13(18)6-7-16(15)20-10-14-8-12-4-2-3-5-17(12)21-14/h2-7,9,11,14H,8,10,19H2,1H3. The highest BCUT2D eigenvalue weighted by Crippen LogP contribution is 2.37. The molecular weight excluding hydrogens is 302 g/mol. The van der Waals surface area contributed by atoms with Gasteiger partial charge >= 0.3 is 0 Å². The molecule has 2 aromatic carbocycles. The number of ether oxygens (including phenoxy) is 1. The van der Waals surface area contributed by atoms with Crippen LogP contribution in [-0.2, 0) is 6.42 Å². The van der Waals surface area contributed by atoms with E-state index in [0.717, 1.165) is 17.7 Å². The fourth-order valence-corrected chi connectivity index (χ4v) is 3.93. The highest BCUT2D eigenvalue weighted by atomic mass is 35.5. The Hall–Kier alpha value is -1.16. The van der Waals surface area contributed by atoms with E-state index in [-0.39, 0.29) is 6.04 Å². The van der Waals surface area contributed by atoms with Gasteiger partial charge in [-0.05, 0) is 43.2 Å². The molecule has 1 aliphatic heterocycles. The molecule has 2 atom stereocenters. The van der Waals surface area contributed by atoms with Gasteiger partial charge in [0.05, 0.1) is 0 Å². The van der Waals surface area contributed by atoms with Crippen molar-refractivity contribution in [2.75, 3.05) is 6.61 Å². The van der Waals surface area contributed by atoms with Crippen molar-refractivity contribution in [2.24, 2.45) is 5.73 Å². The topological polar surface area (TPSA) is 35.2 Å². The number of halogens is 1. The Bertz CT molecular complexity index is 619. The molecule has 0 saturated carbocycles. The van der Waals surface area contributed by atoms with Gasteiger partial charge in [0.1, 0.15) is 12.4 Å². The third kappa shape index (κ3) is 3.37. The SMILES string of the molecule is CC(N)c1cc(Cl)ccc1OCC1Cc2ccccc2S1. The highest BCUT2D eigenvalue weighted by molar-refractivity contribution is 8.00.